The third-order valence-corrected chi connectivity index (χ3v) is 3.90. The number of nitrogens with two attached hydrogens (primary N) is 1. The van der Waals surface area contributed by atoms with E-state index in [2.05, 4.69) is 4.98 Å². The summed E-state index contributed by atoms with van der Waals surface area (Å²) in [6.45, 7) is 0.649. The van der Waals surface area contributed by atoms with Gasteiger partial charge in [-0.1, -0.05) is 48.0 Å². The van der Waals surface area contributed by atoms with Crippen molar-refractivity contribution in [2.75, 3.05) is 11.9 Å². The first-order chi connectivity index (χ1) is 11.0. The number of aromatic nitrogens is 1. The Balaban J connectivity index is 1.91. The van der Waals surface area contributed by atoms with Gasteiger partial charge in [-0.2, -0.15) is 0 Å². The second-order valence-corrected chi connectivity index (χ2v) is 5.79. The molecule has 1 heterocycles. The molecule has 0 unspecified atom stereocenters. The maximum absolute atomic E-state index is 11.1. The van der Waals surface area contributed by atoms with Crippen LogP contribution in [-0.4, -0.2) is 17.9 Å². The summed E-state index contributed by atoms with van der Waals surface area (Å²) in [5.41, 5.74) is 6.82. The van der Waals surface area contributed by atoms with Crippen molar-refractivity contribution in [3.63, 3.8) is 0 Å². The van der Waals surface area contributed by atoms with Crippen molar-refractivity contribution in [2.24, 2.45) is 5.73 Å². The van der Waals surface area contributed by atoms with Crippen molar-refractivity contribution in [2.45, 2.75) is 6.54 Å². The molecule has 2 aromatic carbocycles. The highest BCUT2D eigenvalue weighted by atomic mass is 35.5. The molecule has 5 heteroatoms. The lowest BCUT2D eigenvalue weighted by molar-refractivity contribution is 0.100. The summed E-state index contributed by atoms with van der Waals surface area (Å²) in [6, 6.07) is 17.1. The lowest BCUT2D eigenvalue weighted by atomic mass is 10.1. The second-order valence-electron chi connectivity index (χ2n) is 5.41. The number of carbonyl (C=O) groups is 1. The fourth-order valence-electron chi connectivity index (χ4n) is 2.56. The first-order valence-corrected chi connectivity index (χ1v) is 7.57. The number of pyridine rings is 1. The van der Waals surface area contributed by atoms with E-state index < -0.39 is 5.91 Å². The molecule has 3 rings (SSSR count). The number of rotatable bonds is 4. The number of hydrogen-bond donors (Lipinski definition) is 1. The smallest absolute Gasteiger partial charge is 0.248 e. The zero-order valence-corrected chi connectivity index (χ0v) is 13.4. The lowest BCUT2D eigenvalue weighted by Gasteiger charge is -2.20. The van der Waals surface area contributed by atoms with Gasteiger partial charge in [-0.15, -0.1) is 0 Å². The minimum Gasteiger partial charge on any atom is -0.366 e. The number of nitrogens with zero attached hydrogens (tertiary/aromatic N) is 2. The van der Waals surface area contributed by atoms with Gasteiger partial charge >= 0.3 is 0 Å². The van der Waals surface area contributed by atoms with Crippen molar-refractivity contribution in [1.29, 1.82) is 0 Å². The van der Waals surface area contributed by atoms with Gasteiger partial charge in [0.25, 0.3) is 0 Å². The van der Waals surface area contributed by atoms with Gasteiger partial charge in [-0.3, -0.25) is 4.79 Å². The first-order valence-electron chi connectivity index (χ1n) is 7.20. The van der Waals surface area contributed by atoms with E-state index in [1.165, 1.54) is 0 Å². The van der Waals surface area contributed by atoms with E-state index in [1.54, 1.807) is 12.1 Å². The Morgan fingerprint density at radius 1 is 1.17 bits per heavy atom. The molecule has 1 aromatic heterocycles. The molecule has 0 aliphatic rings. The van der Waals surface area contributed by atoms with Crippen LogP contribution >= 0.6 is 11.6 Å². The highest BCUT2D eigenvalue weighted by Gasteiger charge is 2.10. The lowest BCUT2D eigenvalue weighted by Crippen LogP contribution is -2.18. The second kappa shape index (κ2) is 6.26. The summed E-state index contributed by atoms with van der Waals surface area (Å²) in [5.74, 6) is 0.402. The van der Waals surface area contributed by atoms with Gasteiger partial charge in [0.1, 0.15) is 11.0 Å². The normalized spacial score (nSPS) is 10.7. The molecule has 0 bridgehead atoms. The molecule has 0 saturated carbocycles. The van der Waals surface area contributed by atoms with Crippen LogP contribution in [0.25, 0.3) is 10.8 Å². The molecule has 1 amide bonds. The standard InChI is InChI=1S/C18H16ClN3O/c1-22(11-12-6-8-13(9-7-12)17(20)23)18-15-5-3-2-4-14(15)10-16(19)21-18/h2-10H,11H2,1H3,(H2,20,23). The number of amides is 1. The van der Waals surface area contributed by atoms with E-state index in [1.807, 2.05) is 54.4 Å². The highest BCUT2D eigenvalue weighted by molar-refractivity contribution is 6.30. The number of carbonyl (C=O) groups excluding carboxylic acids is 1. The van der Waals surface area contributed by atoms with E-state index >= 15 is 0 Å². The monoisotopic (exact) mass is 325 g/mol. The Morgan fingerprint density at radius 2 is 1.87 bits per heavy atom. The minimum atomic E-state index is -0.424. The summed E-state index contributed by atoms with van der Waals surface area (Å²) < 4.78 is 0. The van der Waals surface area contributed by atoms with Crippen molar-refractivity contribution in [3.05, 3.63) is 70.9 Å². The number of halogens is 1. The zero-order valence-electron chi connectivity index (χ0n) is 12.7. The maximum Gasteiger partial charge on any atom is 0.248 e. The van der Waals surface area contributed by atoms with Gasteiger partial charge in [0.05, 0.1) is 0 Å². The van der Waals surface area contributed by atoms with E-state index in [9.17, 15) is 4.79 Å². The van der Waals surface area contributed by atoms with E-state index in [-0.39, 0.29) is 0 Å². The van der Waals surface area contributed by atoms with E-state index in [4.69, 9.17) is 17.3 Å². The van der Waals surface area contributed by atoms with Crippen LogP contribution in [0.3, 0.4) is 0 Å². The van der Waals surface area contributed by atoms with Gasteiger partial charge in [-0.05, 0) is 29.1 Å². The molecular weight excluding hydrogens is 310 g/mol. The van der Waals surface area contributed by atoms with Crippen LogP contribution in [0.15, 0.2) is 54.6 Å². The minimum absolute atomic E-state index is 0.424. The predicted molar refractivity (Wildman–Crippen MR) is 93.8 cm³/mol. The predicted octanol–water partition coefficient (Wildman–Crippen LogP) is 3.62. The maximum atomic E-state index is 11.1. The molecule has 116 valence electrons. The first kappa shape index (κ1) is 15.3. The SMILES string of the molecule is CN(Cc1ccc(C(N)=O)cc1)c1nc(Cl)cc2ccccc12. The number of anilines is 1. The molecule has 0 fully saturated rings. The largest absolute Gasteiger partial charge is 0.366 e. The van der Waals surface area contributed by atoms with Gasteiger partial charge < -0.3 is 10.6 Å². The van der Waals surface area contributed by atoms with Gasteiger partial charge in [0.15, 0.2) is 0 Å². The van der Waals surface area contributed by atoms with Crippen LogP contribution in [0.5, 0.6) is 0 Å². The molecule has 0 atom stereocenters. The third kappa shape index (κ3) is 3.27. The van der Waals surface area contributed by atoms with Crippen molar-refractivity contribution < 1.29 is 4.79 Å². The highest BCUT2D eigenvalue weighted by Crippen LogP contribution is 2.27. The Kier molecular flexibility index (Phi) is 4.17. The molecule has 4 nitrogen and oxygen atoms in total. The molecule has 0 aliphatic heterocycles. The molecule has 0 spiro atoms. The van der Waals surface area contributed by atoms with Crippen LogP contribution in [-0.2, 0) is 6.54 Å². The fraction of sp³-hybridized carbons (Fsp3) is 0.111. The molecule has 23 heavy (non-hydrogen) atoms. The quantitative estimate of drug-likeness (QED) is 0.745. The Labute approximate surface area is 139 Å². The van der Waals surface area contributed by atoms with Crippen molar-refractivity contribution >= 4 is 34.1 Å². The van der Waals surface area contributed by atoms with Crippen LogP contribution < -0.4 is 10.6 Å². The Bertz CT molecular complexity index is 862. The summed E-state index contributed by atoms with van der Waals surface area (Å²) >= 11 is 6.14. The van der Waals surface area contributed by atoms with Gasteiger partial charge in [0.2, 0.25) is 5.91 Å². The van der Waals surface area contributed by atoms with Crippen molar-refractivity contribution in [3.8, 4) is 0 Å². The average molecular weight is 326 g/mol. The summed E-state index contributed by atoms with van der Waals surface area (Å²) in [5, 5.41) is 2.57. The molecule has 2 N–H and O–H groups in total. The molecular formula is C18H16ClN3O. The number of fused-ring (bicyclic) bond motifs is 1. The van der Waals surface area contributed by atoms with Crippen molar-refractivity contribution in [1.82, 2.24) is 4.98 Å². The molecule has 0 radical (unpaired) electrons. The summed E-state index contributed by atoms with van der Waals surface area (Å²) in [4.78, 5) is 17.6. The summed E-state index contributed by atoms with van der Waals surface area (Å²) in [6.07, 6.45) is 0. The topological polar surface area (TPSA) is 59.2 Å². The van der Waals surface area contributed by atoms with Gasteiger partial charge in [0, 0.05) is 24.5 Å². The molecule has 0 saturated heterocycles. The number of benzene rings is 2. The Hall–Kier alpha value is -2.59. The van der Waals surface area contributed by atoms with E-state index in [0.717, 1.165) is 22.2 Å². The van der Waals surface area contributed by atoms with Crippen LogP contribution in [0, 0.1) is 0 Å². The summed E-state index contributed by atoms with van der Waals surface area (Å²) in [7, 11) is 1.97. The molecule has 0 aliphatic carbocycles. The Morgan fingerprint density at radius 3 is 2.57 bits per heavy atom. The molecule has 3 aromatic rings. The van der Waals surface area contributed by atoms with Gasteiger partial charge in [-0.25, -0.2) is 4.98 Å². The third-order valence-electron chi connectivity index (χ3n) is 3.71. The zero-order chi connectivity index (χ0) is 16.4. The number of primary amides is 1. The van der Waals surface area contributed by atoms with Crippen LogP contribution in [0.1, 0.15) is 15.9 Å². The fourth-order valence-corrected chi connectivity index (χ4v) is 2.76. The average Bonchev–Trinajstić information content (AvgIpc) is 2.54. The number of hydrogen-bond acceptors (Lipinski definition) is 3. The van der Waals surface area contributed by atoms with Crippen LogP contribution in [0.2, 0.25) is 5.15 Å². The van der Waals surface area contributed by atoms with E-state index in [0.29, 0.717) is 17.3 Å². The van der Waals surface area contributed by atoms with Crippen LogP contribution in [0.4, 0.5) is 5.82 Å².